The Bertz CT molecular complexity index is 638. The van der Waals surface area contributed by atoms with Gasteiger partial charge in [0.25, 0.3) is 0 Å². The van der Waals surface area contributed by atoms with Crippen LogP contribution in [0.2, 0.25) is 0 Å². The molecule has 2 aliphatic rings. The Morgan fingerprint density at radius 3 is 2.96 bits per heavy atom. The van der Waals surface area contributed by atoms with Gasteiger partial charge < -0.3 is 9.32 Å². The Hall–Kier alpha value is -1.59. The lowest BCUT2D eigenvalue weighted by molar-refractivity contribution is -0.132. The average Bonchev–Trinajstić information content (AvgIpc) is 2.96. The van der Waals surface area contributed by atoms with Crippen LogP contribution in [0.25, 0.3) is 0 Å². The topological polar surface area (TPSA) is 36.7 Å². The molecule has 0 N–H and O–H groups in total. The van der Waals surface area contributed by atoms with E-state index in [1.54, 1.807) is 6.26 Å². The molecular formula is C18H22N2O2S. The summed E-state index contributed by atoms with van der Waals surface area (Å²) in [5.74, 6) is 1.75. The summed E-state index contributed by atoms with van der Waals surface area (Å²) in [6, 6.07) is 8.19. The van der Waals surface area contributed by atoms with Crippen molar-refractivity contribution in [1.29, 1.82) is 0 Å². The van der Waals surface area contributed by atoms with Crippen molar-refractivity contribution in [1.82, 2.24) is 9.80 Å². The molecule has 2 fully saturated rings. The van der Waals surface area contributed by atoms with Crippen molar-refractivity contribution in [3.63, 3.8) is 0 Å². The number of amides is 1. The van der Waals surface area contributed by atoms with Gasteiger partial charge in [0.1, 0.15) is 5.76 Å². The second-order valence-electron chi connectivity index (χ2n) is 6.50. The van der Waals surface area contributed by atoms with Gasteiger partial charge in [-0.1, -0.05) is 6.07 Å². The maximum absolute atomic E-state index is 12.7. The molecule has 2 aromatic heterocycles. The molecule has 1 aliphatic heterocycles. The lowest BCUT2D eigenvalue weighted by atomic mass is 10.2. The molecule has 5 heteroatoms. The molecular weight excluding hydrogens is 308 g/mol. The molecule has 1 amide bonds. The first kappa shape index (κ1) is 15.0. The van der Waals surface area contributed by atoms with Crippen LogP contribution in [-0.4, -0.2) is 41.9 Å². The van der Waals surface area contributed by atoms with Gasteiger partial charge in [0, 0.05) is 49.4 Å². The second kappa shape index (κ2) is 6.49. The summed E-state index contributed by atoms with van der Waals surface area (Å²) in [5.41, 5.74) is 0. The van der Waals surface area contributed by atoms with Crippen LogP contribution in [0, 0.1) is 5.92 Å². The minimum absolute atomic E-state index is 0.144. The van der Waals surface area contributed by atoms with Crippen molar-refractivity contribution in [3.05, 3.63) is 46.5 Å². The van der Waals surface area contributed by atoms with Gasteiger partial charge >= 0.3 is 0 Å². The van der Waals surface area contributed by atoms with Gasteiger partial charge in [-0.25, -0.2) is 0 Å². The molecule has 0 bridgehead atoms. The molecule has 3 heterocycles. The molecule has 1 saturated carbocycles. The Kier molecular flexibility index (Phi) is 4.23. The van der Waals surface area contributed by atoms with Gasteiger partial charge in [0.2, 0.25) is 5.91 Å². The van der Waals surface area contributed by atoms with Crippen LogP contribution >= 0.6 is 11.3 Å². The lowest BCUT2D eigenvalue weighted by Gasteiger charge is -2.21. The van der Waals surface area contributed by atoms with Crippen molar-refractivity contribution in [3.8, 4) is 0 Å². The lowest BCUT2D eigenvalue weighted by Crippen LogP contribution is -2.36. The highest BCUT2D eigenvalue weighted by Crippen LogP contribution is 2.48. The molecule has 0 unspecified atom stereocenters. The van der Waals surface area contributed by atoms with E-state index in [4.69, 9.17) is 4.42 Å². The van der Waals surface area contributed by atoms with Crippen LogP contribution in [-0.2, 0) is 11.3 Å². The highest BCUT2D eigenvalue weighted by atomic mass is 32.1. The fourth-order valence-corrected chi connectivity index (χ4v) is 4.24. The van der Waals surface area contributed by atoms with E-state index in [-0.39, 0.29) is 5.92 Å². The summed E-state index contributed by atoms with van der Waals surface area (Å²) in [7, 11) is 0. The van der Waals surface area contributed by atoms with E-state index in [9.17, 15) is 4.79 Å². The number of furan rings is 1. The largest absolute Gasteiger partial charge is 0.469 e. The van der Waals surface area contributed by atoms with Crippen LogP contribution in [0.3, 0.4) is 0 Å². The minimum atomic E-state index is 0.144. The summed E-state index contributed by atoms with van der Waals surface area (Å²) < 4.78 is 5.45. The van der Waals surface area contributed by atoms with E-state index in [1.165, 1.54) is 4.88 Å². The molecule has 1 saturated heterocycles. The third kappa shape index (κ3) is 3.35. The highest BCUT2D eigenvalue weighted by Gasteiger charge is 2.47. The van der Waals surface area contributed by atoms with E-state index in [0.717, 1.165) is 51.3 Å². The molecule has 1 aliphatic carbocycles. The number of hydrogen-bond donors (Lipinski definition) is 0. The number of thiophene rings is 1. The Morgan fingerprint density at radius 1 is 1.22 bits per heavy atom. The summed E-state index contributed by atoms with van der Waals surface area (Å²) in [6.07, 6.45) is 3.71. The van der Waals surface area contributed by atoms with E-state index in [2.05, 4.69) is 27.3 Å². The van der Waals surface area contributed by atoms with Crippen LogP contribution in [0.15, 0.2) is 40.3 Å². The number of carbonyl (C=O) groups is 1. The van der Waals surface area contributed by atoms with Gasteiger partial charge in [-0.2, -0.15) is 0 Å². The monoisotopic (exact) mass is 330 g/mol. The van der Waals surface area contributed by atoms with E-state index < -0.39 is 0 Å². The Labute approximate surface area is 140 Å². The zero-order chi connectivity index (χ0) is 15.6. The first-order chi connectivity index (χ1) is 11.3. The predicted molar refractivity (Wildman–Crippen MR) is 90.3 cm³/mol. The van der Waals surface area contributed by atoms with E-state index in [0.29, 0.717) is 11.8 Å². The maximum atomic E-state index is 12.7. The number of carbonyl (C=O) groups excluding carboxylic acids is 1. The third-order valence-corrected chi connectivity index (χ3v) is 5.74. The van der Waals surface area contributed by atoms with Crippen molar-refractivity contribution >= 4 is 17.2 Å². The number of nitrogens with zero attached hydrogens (tertiary/aromatic N) is 2. The zero-order valence-corrected chi connectivity index (χ0v) is 14.0. The third-order valence-electron chi connectivity index (χ3n) is 4.88. The normalized spacial score (nSPS) is 25.3. The van der Waals surface area contributed by atoms with Gasteiger partial charge in [-0.15, -0.1) is 11.3 Å². The number of hydrogen-bond acceptors (Lipinski definition) is 4. The van der Waals surface area contributed by atoms with Gasteiger partial charge in [-0.05, 0) is 36.4 Å². The number of rotatable bonds is 4. The van der Waals surface area contributed by atoms with Crippen molar-refractivity contribution in [2.45, 2.75) is 25.3 Å². The fourth-order valence-electron chi connectivity index (χ4n) is 3.49. The first-order valence-corrected chi connectivity index (χ1v) is 9.26. The quantitative estimate of drug-likeness (QED) is 0.864. The van der Waals surface area contributed by atoms with Crippen molar-refractivity contribution in [2.24, 2.45) is 5.92 Å². The zero-order valence-electron chi connectivity index (χ0n) is 13.2. The van der Waals surface area contributed by atoms with E-state index in [1.807, 2.05) is 23.5 Å². The molecule has 122 valence electrons. The molecule has 2 atom stereocenters. The van der Waals surface area contributed by atoms with Gasteiger partial charge in [-0.3, -0.25) is 9.69 Å². The minimum Gasteiger partial charge on any atom is -0.469 e. The van der Waals surface area contributed by atoms with Crippen molar-refractivity contribution < 1.29 is 9.21 Å². The van der Waals surface area contributed by atoms with Crippen LogP contribution in [0.4, 0.5) is 0 Å². The van der Waals surface area contributed by atoms with Crippen molar-refractivity contribution in [2.75, 3.05) is 26.2 Å². The SMILES string of the molecule is O=C([C@@H]1C[C@@H]1c1ccco1)N1CCCN(Cc2cccs2)CC1. The standard InChI is InChI=1S/C18H22N2O2S/c21-18(16-12-15(16)17-5-1-10-22-17)20-7-3-6-19(8-9-20)13-14-4-2-11-23-14/h1-2,4-5,10-11,15-16H,3,6-9,12-13H2/t15-,16+/m0/s1. The molecule has 4 rings (SSSR count). The predicted octanol–water partition coefficient (Wildman–Crippen LogP) is 3.18. The summed E-state index contributed by atoms with van der Waals surface area (Å²) >= 11 is 1.81. The molecule has 0 radical (unpaired) electrons. The Morgan fingerprint density at radius 2 is 2.17 bits per heavy atom. The molecule has 2 aromatic rings. The fraction of sp³-hybridized carbons (Fsp3) is 0.500. The molecule has 4 nitrogen and oxygen atoms in total. The summed E-state index contributed by atoms with van der Waals surface area (Å²) in [5, 5.41) is 2.13. The maximum Gasteiger partial charge on any atom is 0.226 e. The summed E-state index contributed by atoms with van der Waals surface area (Å²) in [6.45, 7) is 4.81. The smallest absolute Gasteiger partial charge is 0.226 e. The van der Waals surface area contributed by atoms with Crippen LogP contribution < -0.4 is 0 Å². The first-order valence-electron chi connectivity index (χ1n) is 8.38. The van der Waals surface area contributed by atoms with E-state index >= 15 is 0 Å². The van der Waals surface area contributed by atoms with Crippen LogP contribution in [0.1, 0.15) is 29.4 Å². The van der Waals surface area contributed by atoms with Gasteiger partial charge in [0.15, 0.2) is 0 Å². The second-order valence-corrected chi connectivity index (χ2v) is 7.53. The van der Waals surface area contributed by atoms with Crippen LogP contribution in [0.5, 0.6) is 0 Å². The highest BCUT2D eigenvalue weighted by molar-refractivity contribution is 7.09. The average molecular weight is 330 g/mol. The molecule has 0 aromatic carbocycles. The summed E-state index contributed by atoms with van der Waals surface area (Å²) in [4.78, 5) is 18.7. The molecule has 0 spiro atoms. The van der Waals surface area contributed by atoms with Gasteiger partial charge in [0.05, 0.1) is 6.26 Å². The molecule has 23 heavy (non-hydrogen) atoms. The Balaban J connectivity index is 1.31.